The third kappa shape index (κ3) is 4.86. The number of carboxylic acids is 1. The first-order valence-corrected chi connectivity index (χ1v) is 5.64. The number of hydrogen-bond donors (Lipinski definition) is 2. The number of nitrogens with zero attached hydrogens (tertiary/aromatic N) is 1. The molecule has 0 saturated carbocycles. The summed E-state index contributed by atoms with van der Waals surface area (Å²) in [6, 6.07) is 2.67. The molecule has 0 bridgehead atoms. The lowest BCUT2D eigenvalue weighted by Gasteiger charge is -2.20. The van der Waals surface area contributed by atoms with Crippen LogP contribution in [-0.4, -0.2) is 48.9 Å². The highest BCUT2D eigenvalue weighted by atomic mass is 19.4. The average Bonchev–Trinajstić information content (AvgIpc) is 2.36. The summed E-state index contributed by atoms with van der Waals surface area (Å²) in [5.41, 5.74) is -0.412. The largest absolute Gasteiger partial charge is 0.497 e. The van der Waals surface area contributed by atoms with Crippen molar-refractivity contribution in [3.63, 3.8) is 0 Å². The summed E-state index contributed by atoms with van der Waals surface area (Å²) in [6.07, 6.45) is -4.55. The van der Waals surface area contributed by atoms with E-state index in [2.05, 4.69) is 5.32 Å². The van der Waals surface area contributed by atoms with Crippen LogP contribution in [0.15, 0.2) is 18.2 Å². The van der Waals surface area contributed by atoms with E-state index < -0.39 is 24.7 Å². The molecule has 0 aliphatic carbocycles. The van der Waals surface area contributed by atoms with Gasteiger partial charge in [-0.1, -0.05) is 0 Å². The number of carbonyl (C=O) groups is 2. The molecule has 1 aromatic rings. The number of halogens is 3. The first-order valence-electron chi connectivity index (χ1n) is 5.64. The van der Waals surface area contributed by atoms with Crippen molar-refractivity contribution in [3.8, 4) is 5.75 Å². The van der Waals surface area contributed by atoms with Crippen LogP contribution in [0.5, 0.6) is 5.75 Å². The third-order valence-corrected chi connectivity index (χ3v) is 2.46. The van der Waals surface area contributed by atoms with Gasteiger partial charge in [0, 0.05) is 13.1 Å². The van der Waals surface area contributed by atoms with E-state index in [1.54, 1.807) is 0 Å². The van der Waals surface area contributed by atoms with E-state index in [1.807, 2.05) is 0 Å². The van der Waals surface area contributed by atoms with E-state index in [1.165, 1.54) is 25.3 Å². The van der Waals surface area contributed by atoms with E-state index >= 15 is 0 Å². The minimum Gasteiger partial charge on any atom is -0.497 e. The summed E-state index contributed by atoms with van der Waals surface area (Å²) in [5.74, 6) is -1.07. The molecular formula is C12H13F3N2O4. The Labute approximate surface area is 118 Å². The van der Waals surface area contributed by atoms with Crippen LogP contribution >= 0.6 is 0 Å². The fourth-order valence-corrected chi connectivity index (χ4v) is 1.49. The molecule has 21 heavy (non-hydrogen) atoms. The van der Waals surface area contributed by atoms with Gasteiger partial charge >= 0.3 is 18.2 Å². The SMILES string of the molecule is COc1ccc(C(=O)O)c(NC(=O)N(C)CC(F)(F)F)c1. The zero-order chi connectivity index (χ0) is 16.2. The Hall–Kier alpha value is -2.45. The summed E-state index contributed by atoms with van der Waals surface area (Å²) < 4.78 is 41.5. The van der Waals surface area contributed by atoms with Gasteiger partial charge in [-0.2, -0.15) is 13.2 Å². The van der Waals surface area contributed by atoms with Crippen LogP contribution < -0.4 is 10.1 Å². The lowest BCUT2D eigenvalue weighted by Crippen LogP contribution is -2.38. The lowest BCUT2D eigenvalue weighted by atomic mass is 10.1. The number of ether oxygens (including phenoxy) is 1. The van der Waals surface area contributed by atoms with Gasteiger partial charge in [-0.25, -0.2) is 9.59 Å². The van der Waals surface area contributed by atoms with Gasteiger partial charge in [-0.3, -0.25) is 0 Å². The summed E-state index contributed by atoms with van der Waals surface area (Å²) in [6.45, 7) is -1.45. The van der Waals surface area contributed by atoms with Gasteiger partial charge < -0.3 is 20.1 Å². The van der Waals surface area contributed by atoms with Crippen molar-refractivity contribution < 1.29 is 32.6 Å². The van der Waals surface area contributed by atoms with Gasteiger partial charge in [0.1, 0.15) is 12.3 Å². The summed E-state index contributed by atoms with van der Waals surface area (Å²) >= 11 is 0. The normalized spacial score (nSPS) is 10.9. The number of aromatic carboxylic acids is 1. The average molecular weight is 306 g/mol. The second-order valence-electron chi connectivity index (χ2n) is 4.12. The quantitative estimate of drug-likeness (QED) is 0.895. The molecule has 0 aliphatic rings. The maximum atomic E-state index is 12.2. The van der Waals surface area contributed by atoms with Gasteiger partial charge in [0.2, 0.25) is 0 Å². The predicted molar refractivity (Wildman–Crippen MR) is 67.7 cm³/mol. The smallest absolute Gasteiger partial charge is 0.406 e. The fraction of sp³-hybridized carbons (Fsp3) is 0.333. The van der Waals surface area contributed by atoms with Gasteiger partial charge in [-0.15, -0.1) is 0 Å². The molecule has 0 atom stereocenters. The van der Waals surface area contributed by atoms with Crippen molar-refractivity contribution in [2.24, 2.45) is 0 Å². The number of benzene rings is 1. The van der Waals surface area contributed by atoms with Crippen molar-refractivity contribution in [2.75, 3.05) is 26.0 Å². The molecule has 9 heteroatoms. The Morgan fingerprint density at radius 3 is 2.48 bits per heavy atom. The van der Waals surface area contributed by atoms with Crippen LogP contribution in [-0.2, 0) is 0 Å². The second-order valence-corrected chi connectivity index (χ2v) is 4.12. The highest BCUT2D eigenvalue weighted by Crippen LogP contribution is 2.23. The molecule has 6 nitrogen and oxygen atoms in total. The van der Waals surface area contributed by atoms with E-state index in [4.69, 9.17) is 9.84 Å². The van der Waals surface area contributed by atoms with Crippen molar-refractivity contribution in [3.05, 3.63) is 23.8 Å². The summed E-state index contributed by atoms with van der Waals surface area (Å²) in [5, 5.41) is 11.1. The highest BCUT2D eigenvalue weighted by molar-refractivity contribution is 6.00. The number of carboxylic acid groups (broad SMARTS) is 1. The summed E-state index contributed by atoms with van der Waals surface area (Å²) in [7, 11) is 2.28. The molecule has 0 aliphatic heterocycles. The van der Waals surface area contributed by atoms with E-state index in [0.29, 0.717) is 4.90 Å². The first-order chi connectivity index (χ1) is 9.64. The number of methoxy groups -OCH3 is 1. The Morgan fingerprint density at radius 2 is 2.00 bits per heavy atom. The van der Waals surface area contributed by atoms with Crippen LogP contribution in [0, 0.1) is 0 Å². The van der Waals surface area contributed by atoms with Gasteiger partial charge in [0.05, 0.1) is 18.4 Å². The fourth-order valence-electron chi connectivity index (χ4n) is 1.49. The van der Waals surface area contributed by atoms with Crippen LogP contribution in [0.2, 0.25) is 0 Å². The van der Waals surface area contributed by atoms with Crippen molar-refractivity contribution in [1.82, 2.24) is 4.90 Å². The number of anilines is 1. The molecule has 0 unspecified atom stereocenters. The van der Waals surface area contributed by atoms with Gasteiger partial charge in [0.25, 0.3) is 0 Å². The molecule has 116 valence electrons. The number of carbonyl (C=O) groups excluding carboxylic acids is 1. The Kier molecular flexibility index (Phi) is 5.01. The van der Waals surface area contributed by atoms with Crippen LogP contribution in [0.3, 0.4) is 0 Å². The zero-order valence-corrected chi connectivity index (χ0v) is 11.2. The van der Waals surface area contributed by atoms with E-state index in [0.717, 1.165) is 7.05 Å². The molecular weight excluding hydrogens is 293 g/mol. The van der Waals surface area contributed by atoms with Crippen molar-refractivity contribution in [1.29, 1.82) is 0 Å². The predicted octanol–water partition coefficient (Wildman–Crippen LogP) is 2.42. The highest BCUT2D eigenvalue weighted by Gasteiger charge is 2.31. The second kappa shape index (κ2) is 6.33. The molecule has 0 saturated heterocycles. The molecule has 2 N–H and O–H groups in total. The van der Waals surface area contributed by atoms with Crippen LogP contribution in [0.4, 0.5) is 23.7 Å². The summed E-state index contributed by atoms with van der Waals surface area (Å²) in [4.78, 5) is 23.1. The lowest BCUT2D eigenvalue weighted by molar-refractivity contribution is -0.137. The van der Waals surface area contributed by atoms with Crippen molar-refractivity contribution in [2.45, 2.75) is 6.18 Å². The molecule has 1 aromatic carbocycles. The number of hydrogen-bond acceptors (Lipinski definition) is 3. The maximum Gasteiger partial charge on any atom is 0.406 e. The molecule has 0 radical (unpaired) electrons. The zero-order valence-electron chi connectivity index (χ0n) is 11.2. The molecule has 2 amide bonds. The topological polar surface area (TPSA) is 78.9 Å². The Bertz CT molecular complexity index is 546. The third-order valence-electron chi connectivity index (χ3n) is 2.46. The number of alkyl halides is 3. The number of nitrogens with one attached hydrogen (secondary N) is 1. The number of urea groups is 1. The van der Waals surface area contributed by atoms with E-state index in [-0.39, 0.29) is 17.0 Å². The Morgan fingerprint density at radius 1 is 1.38 bits per heavy atom. The molecule has 1 rings (SSSR count). The molecule has 0 spiro atoms. The number of rotatable bonds is 4. The Balaban J connectivity index is 2.95. The van der Waals surface area contributed by atoms with E-state index in [9.17, 15) is 22.8 Å². The van der Waals surface area contributed by atoms with Crippen molar-refractivity contribution >= 4 is 17.7 Å². The van der Waals surface area contributed by atoms with Crippen LogP contribution in [0.25, 0.3) is 0 Å². The van der Waals surface area contributed by atoms with Gasteiger partial charge in [-0.05, 0) is 12.1 Å². The molecule has 0 aromatic heterocycles. The molecule has 0 fully saturated rings. The van der Waals surface area contributed by atoms with Gasteiger partial charge in [0.15, 0.2) is 0 Å². The number of amides is 2. The first kappa shape index (κ1) is 16.6. The maximum absolute atomic E-state index is 12.2. The minimum atomic E-state index is -4.55. The monoisotopic (exact) mass is 306 g/mol. The molecule has 0 heterocycles. The minimum absolute atomic E-state index is 0.152. The van der Waals surface area contributed by atoms with Crippen LogP contribution in [0.1, 0.15) is 10.4 Å². The standard InChI is InChI=1S/C12H13F3N2O4/c1-17(6-12(13,14)15)11(20)16-9-5-7(21-2)3-4-8(9)10(18)19/h3-5H,6H2,1-2H3,(H,16,20)(H,18,19).